The number of thiazole rings is 1. The summed E-state index contributed by atoms with van der Waals surface area (Å²) in [6, 6.07) is 10.1. The van der Waals surface area contributed by atoms with Crippen LogP contribution >= 0.6 is 11.3 Å². The molecule has 2 aromatic carbocycles. The first-order valence-electron chi connectivity index (χ1n) is 11.8. The molecule has 37 heavy (non-hydrogen) atoms. The van der Waals surface area contributed by atoms with Gasteiger partial charge in [0.15, 0.2) is 16.8 Å². The summed E-state index contributed by atoms with van der Waals surface area (Å²) in [5.74, 6) is -2.31. The molecular weight excluding hydrogens is 520 g/mol. The Bertz CT molecular complexity index is 1560. The van der Waals surface area contributed by atoms with Crippen LogP contribution in [0.25, 0.3) is 10.2 Å². The van der Waals surface area contributed by atoms with Crippen LogP contribution < -0.4 is 4.90 Å². The molecule has 5 rings (SSSR count). The molecule has 0 atom stereocenters. The summed E-state index contributed by atoms with van der Waals surface area (Å²) in [6.45, 7) is 4.40. The largest absolute Gasteiger partial charge is 0.467 e. The molecule has 7 nitrogen and oxygen atoms in total. The van der Waals surface area contributed by atoms with Gasteiger partial charge in [-0.3, -0.25) is 9.69 Å². The number of hydrogen-bond acceptors (Lipinski definition) is 6. The summed E-state index contributed by atoms with van der Waals surface area (Å²) >= 11 is 1.43. The molecule has 1 aliphatic rings. The number of nitrogens with zero attached hydrogens (tertiary/aromatic N) is 3. The van der Waals surface area contributed by atoms with E-state index in [1.165, 1.54) is 15.6 Å². The average Bonchev–Trinajstić information content (AvgIpc) is 3.56. The van der Waals surface area contributed by atoms with Crippen molar-refractivity contribution in [2.45, 2.75) is 38.1 Å². The highest BCUT2D eigenvalue weighted by Gasteiger charge is 2.35. The molecule has 194 valence electrons. The number of fused-ring (bicyclic) bond motifs is 1. The maximum Gasteiger partial charge on any atom is 0.243 e. The van der Waals surface area contributed by atoms with E-state index in [0.717, 1.165) is 33.5 Å². The van der Waals surface area contributed by atoms with Crippen molar-refractivity contribution >= 4 is 42.6 Å². The van der Waals surface area contributed by atoms with Crippen LogP contribution in [0.3, 0.4) is 0 Å². The molecule has 1 amide bonds. The first-order valence-corrected chi connectivity index (χ1v) is 14.1. The number of aromatic nitrogens is 1. The summed E-state index contributed by atoms with van der Waals surface area (Å²) in [7, 11) is -4.01. The highest BCUT2D eigenvalue weighted by molar-refractivity contribution is 7.89. The topological polar surface area (TPSA) is 83.7 Å². The van der Waals surface area contributed by atoms with E-state index in [0.29, 0.717) is 29.8 Å². The van der Waals surface area contributed by atoms with Crippen LogP contribution in [0.5, 0.6) is 0 Å². The molecule has 1 saturated heterocycles. The van der Waals surface area contributed by atoms with E-state index in [-0.39, 0.29) is 30.4 Å². The lowest BCUT2D eigenvalue weighted by Gasteiger charge is -2.32. The molecule has 0 spiro atoms. The Hall–Kier alpha value is -3.15. The average molecular weight is 546 g/mol. The number of hydrogen-bond donors (Lipinski definition) is 0. The van der Waals surface area contributed by atoms with Gasteiger partial charge in [-0.1, -0.05) is 17.4 Å². The van der Waals surface area contributed by atoms with Gasteiger partial charge < -0.3 is 4.42 Å². The molecule has 0 saturated carbocycles. The quantitative estimate of drug-likeness (QED) is 0.323. The second-order valence-corrected chi connectivity index (χ2v) is 12.1. The number of carbonyl (C=O) groups excluding carboxylic acids is 1. The van der Waals surface area contributed by atoms with Gasteiger partial charge in [0.1, 0.15) is 5.76 Å². The maximum atomic E-state index is 13.8. The van der Waals surface area contributed by atoms with Gasteiger partial charge in [0.2, 0.25) is 15.9 Å². The first kappa shape index (κ1) is 25.5. The minimum atomic E-state index is -4.01. The highest BCUT2D eigenvalue weighted by atomic mass is 32.2. The minimum Gasteiger partial charge on any atom is -0.467 e. The van der Waals surface area contributed by atoms with Crippen LogP contribution in [-0.4, -0.2) is 36.7 Å². The van der Waals surface area contributed by atoms with E-state index < -0.39 is 27.6 Å². The van der Waals surface area contributed by atoms with E-state index >= 15 is 0 Å². The Kier molecular flexibility index (Phi) is 6.86. The van der Waals surface area contributed by atoms with Crippen LogP contribution in [0.1, 0.15) is 29.7 Å². The molecular formula is C26H25F2N3O4S2. The van der Waals surface area contributed by atoms with Crippen LogP contribution in [-0.2, 0) is 21.4 Å². The number of rotatable bonds is 6. The van der Waals surface area contributed by atoms with Crippen molar-refractivity contribution in [1.29, 1.82) is 0 Å². The molecule has 4 aromatic rings. The summed E-state index contributed by atoms with van der Waals surface area (Å²) in [5, 5.41) is 0.557. The number of aryl methyl sites for hydroxylation is 2. The Morgan fingerprint density at radius 1 is 1.14 bits per heavy atom. The number of benzene rings is 2. The summed E-state index contributed by atoms with van der Waals surface area (Å²) in [4.78, 5) is 19.8. The van der Waals surface area contributed by atoms with Crippen molar-refractivity contribution in [2.75, 3.05) is 18.0 Å². The smallest absolute Gasteiger partial charge is 0.243 e. The van der Waals surface area contributed by atoms with Gasteiger partial charge in [0.05, 0.1) is 27.9 Å². The third-order valence-corrected chi connectivity index (χ3v) is 9.73. The highest BCUT2D eigenvalue weighted by Crippen LogP contribution is 2.35. The lowest BCUT2D eigenvalue weighted by atomic mass is 9.96. The van der Waals surface area contributed by atoms with Gasteiger partial charge in [-0.25, -0.2) is 22.2 Å². The standard InChI is InChI=1S/C26H25F2N3O4S2/c1-16-5-8-23-24(17(16)2)29-26(36-23)31(15-19-4-3-13-35-19)25(32)18-9-11-30(12-10-18)37(33,34)20-6-7-21(27)22(28)14-20/h3-8,13-14,18H,9-12,15H2,1-2H3. The van der Waals surface area contributed by atoms with Gasteiger partial charge in [-0.2, -0.15) is 4.31 Å². The Labute approximate surface area is 217 Å². The fourth-order valence-electron chi connectivity index (χ4n) is 4.48. The Morgan fingerprint density at radius 3 is 2.57 bits per heavy atom. The van der Waals surface area contributed by atoms with Gasteiger partial charge in [0.25, 0.3) is 0 Å². The fraction of sp³-hybridized carbons (Fsp3) is 0.308. The number of anilines is 1. The number of carbonyl (C=O) groups is 1. The molecule has 1 aliphatic heterocycles. The Morgan fingerprint density at radius 2 is 1.89 bits per heavy atom. The number of furan rings is 1. The van der Waals surface area contributed by atoms with Crippen molar-refractivity contribution in [3.05, 3.63) is 77.2 Å². The van der Waals surface area contributed by atoms with Crippen molar-refractivity contribution < 1.29 is 26.4 Å². The number of halogens is 2. The van der Waals surface area contributed by atoms with Crippen LogP contribution in [0.2, 0.25) is 0 Å². The van der Waals surface area contributed by atoms with Gasteiger partial charge in [-0.05, 0) is 74.2 Å². The zero-order chi connectivity index (χ0) is 26.3. The van der Waals surface area contributed by atoms with E-state index in [9.17, 15) is 22.0 Å². The monoisotopic (exact) mass is 545 g/mol. The van der Waals surface area contributed by atoms with E-state index in [2.05, 4.69) is 0 Å². The summed E-state index contributed by atoms with van der Waals surface area (Å²) < 4.78 is 60.6. The lowest BCUT2D eigenvalue weighted by molar-refractivity contribution is -0.123. The molecule has 0 radical (unpaired) electrons. The second kappa shape index (κ2) is 9.96. The zero-order valence-electron chi connectivity index (χ0n) is 20.3. The van der Waals surface area contributed by atoms with Crippen molar-refractivity contribution in [3.63, 3.8) is 0 Å². The van der Waals surface area contributed by atoms with Crippen molar-refractivity contribution in [1.82, 2.24) is 9.29 Å². The molecule has 0 N–H and O–H groups in total. The summed E-state index contributed by atoms with van der Waals surface area (Å²) in [5.41, 5.74) is 3.02. The number of sulfonamides is 1. The SMILES string of the molecule is Cc1ccc2sc(N(Cc3ccco3)C(=O)C3CCN(S(=O)(=O)c4ccc(F)c(F)c4)CC3)nc2c1C. The third-order valence-electron chi connectivity index (χ3n) is 6.80. The van der Waals surface area contributed by atoms with Crippen LogP contribution in [0, 0.1) is 31.4 Å². The molecule has 1 fully saturated rings. The van der Waals surface area contributed by atoms with Crippen LogP contribution in [0.15, 0.2) is 58.0 Å². The van der Waals surface area contributed by atoms with Crippen molar-refractivity contribution in [2.24, 2.45) is 5.92 Å². The van der Waals surface area contributed by atoms with E-state index in [1.54, 1.807) is 23.3 Å². The zero-order valence-corrected chi connectivity index (χ0v) is 21.9. The predicted molar refractivity (Wildman–Crippen MR) is 137 cm³/mol. The van der Waals surface area contributed by atoms with Crippen LogP contribution in [0.4, 0.5) is 13.9 Å². The fourth-order valence-corrected chi connectivity index (χ4v) is 6.99. The minimum absolute atomic E-state index is 0.0878. The van der Waals surface area contributed by atoms with Gasteiger partial charge in [0, 0.05) is 19.0 Å². The Balaban J connectivity index is 1.37. The normalized spacial score (nSPS) is 15.4. The maximum absolute atomic E-state index is 13.8. The predicted octanol–water partition coefficient (Wildman–Crippen LogP) is 5.42. The van der Waals surface area contributed by atoms with Crippen molar-refractivity contribution in [3.8, 4) is 0 Å². The number of amides is 1. The molecule has 0 unspecified atom stereocenters. The van der Waals surface area contributed by atoms with Gasteiger partial charge in [-0.15, -0.1) is 0 Å². The summed E-state index contributed by atoms with van der Waals surface area (Å²) in [6.07, 6.45) is 2.13. The molecule has 2 aromatic heterocycles. The third kappa shape index (κ3) is 4.90. The number of piperidine rings is 1. The molecule has 0 aliphatic carbocycles. The molecule has 0 bridgehead atoms. The first-order chi connectivity index (χ1) is 17.6. The molecule has 3 heterocycles. The van der Waals surface area contributed by atoms with Gasteiger partial charge >= 0.3 is 0 Å². The molecule has 11 heteroatoms. The van der Waals surface area contributed by atoms with E-state index in [4.69, 9.17) is 9.40 Å². The van der Waals surface area contributed by atoms with E-state index in [1.807, 2.05) is 26.0 Å². The lowest BCUT2D eigenvalue weighted by Crippen LogP contribution is -2.44. The second-order valence-electron chi connectivity index (χ2n) is 9.11.